The molecule has 94 valence electrons. The van der Waals surface area contributed by atoms with Gasteiger partial charge in [0.05, 0.1) is 6.61 Å². The molecule has 0 saturated carbocycles. The normalized spacial score (nSPS) is 13.2. The van der Waals surface area contributed by atoms with Crippen molar-refractivity contribution in [3.8, 4) is 0 Å². The maximum atomic E-state index is 13.4. The van der Waals surface area contributed by atoms with Crippen molar-refractivity contribution in [2.24, 2.45) is 0 Å². The molecule has 0 saturated heterocycles. The molecule has 0 N–H and O–H groups in total. The zero-order valence-corrected chi connectivity index (χ0v) is 9.49. The Morgan fingerprint density at radius 1 is 1.47 bits per heavy atom. The molecule has 1 aromatic heterocycles. The van der Waals surface area contributed by atoms with Crippen molar-refractivity contribution >= 4 is 22.9 Å². The molecule has 1 aromatic rings. The second-order valence-electron chi connectivity index (χ2n) is 2.88. The third kappa shape index (κ3) is 3.29. The number of thiophene rings is 1. The van der Waals surface area contributed by atoms with Gasteiger partial charge in [-0.25, -0.2) is 4.79 Å². The fourth-order valence-electron chi connectivity index (χ4n) is 1.09. The Morgan fingerprint density at radius 2 is 2.12 bits per heavy atom. The summed E-state index contributed by atoms with van der Waals surface area (Å²) < 4.78 is 55.5. The molecule has 0 unspecified atom stereocenters. The van der Waals surface area contributed by atoms with Crippen molar-refractivity contribution in [3.63, 3.8) is 0 Å². The van der Waals surface area contributed by atoms with E-state index in [0.29, 0.717) is 11.3 Å². The van der Waals surface area contributed by atoms with E-state index >= 15 is 0 Å². The summed E-state index contributed by atoms with van der Waals surface area (Å²) in [4.78, 5) is 10.6. The predicted octanol–water partition coefficient (Wildman–Crippen LogP) is 3.55. The van der Waals surface area contributed by atoms with Crippen LogP contribution < -0.4 is 0 Å². The van der Waals surface area contributed by atoms with E-state index in [2.05, 4.69) is 4.74 Å². The molecule has 0 bridgehead atoms. The molecule has 0 aliphatic carbocycles. The van der Waals surface area contributed by atoms with Crippen LogP contribution in [0.2, 0.25) is 0 Å². The summed E-state index contributed by atoms with van der Waals surface area (Å²) in [6.45, 7) is 1.19. The second-order valence-corrected chi connectivity index (χ2v) is 3.83. The van der Waals surface area contributed by atoms with E-state index in [0.717, 1.165) is 6.07 Å². The van der Waals surface area contributed by atoms with Crippen LogP contribution in [0.3, 0.4) is 0 Å². The standard InChI is InChI=1S/C10H8F4O2S/c1-2-16-9(15)8(11)7(10(12,13)14)6-4-3-5-17-6/h3-5H,2H2,1H3/b8-7+. The quantitative estimate of drug-likeness (QED) is 0.476. The molecule has 1 heterocycles. The highest BCUT2D eigenvalue weighted by Crippen LogP contribution is 2.39. The van der Waals surface area contributed by atoms with Crippen LogP contribution in [0.4, 0.5) is 17.6 Å². The first-order valence-electron chi connectivity index (χ1n) is 4.56. The van der Waals surface area contributed by atoms with E-state index in [1.165, 1.54) is 18.4 Å². The molecule has 0 aliphatic heterocycles. The number of esters is 1. The summed E-state index contributed by atoms with van der Waals surface area (Å²) in [7, 11) is 0. The lowest BCUT2D eigenvalue weighted by Gasteiger charge is -2.11. The molecule has 1 rings (SSSR count). The average molecular weight is 268 g/mol. The van der Waals surface area contributed by atoms with E-state index < -0.39 is 23.5 Å². The van der Waals surface area contributed by atoms with Crippen LogP contribution in [-0.4, -0.2) is 18.8 Å². The maximum absolute atomic E-state index is 13.4. The summed E-state index contributed by atoms with van der Waals surface area (Å²) in [5, 5.41) is 1.36. The van der Waals surface area contributed by atoms with Crippen LogP contribution in [0.15, 0.2) is 23.3 Å². The van der Waals surface area contributed by atoms with Crippen molar-refractivity contribution in [3.05, 3.63) is 28.2 Å². The minimum absolute atomic E-state index is 0.193. The van der Waals surface area contributed by atoms with Crippen LogP contribution in [0.25, 0.3) is 5.57 Å². The molecule has 0 aromatic carbocycles. The molecular formula is C10H8F4O2S. The number of ether oxygens (including phenoxy) is 1. The Hall–Kier alpha value is -1.37. The monoisotopic (exact) mass is 268 g/mol. The van der Waals surface area contributed by atoms with E-state index in [1.807, 2.05) is 0 Å². The zero-order chi connectivity index (χ0) is 13.1. The van der Waals surface area contributed by atoms with Crippen molar-refractivity contribution in [2.45, 2.75) is 13.1 Å². The number of hydrogen-bond donors (Lipinski definition) is 0. The van der Waals surface area contributed by atoms with E-state index in [9.17, 15) is 22.4 Å². The minimum atomic E-state index is -4.94. The smallest absolute Gasteiger partial charge is 0.420 e. The first kappa shape index (κ1) is 13.7. The van der Waals surface area contributed by atoms with Gasteiger partial charge >= 0.3 is 12.1 Å². The van der Waals surface area contributed by atoms with Crippen molar-refractivity contribution in [1.82, 2.24) is 0 Å². The number of halogens is 4. The Labute approximate surface area is 98.5 Å². The van der Waals surface area contributed by atoms with Gasteiger partial charge < -0.3 is 4.74 Å². The third-order valence-electron chi connectivity index (χ3n) is 1.73. The van der Waals surface area contributed by atoms with E-state index in [4.69, 9.17) is 0 Å². The molecule has 17 heavy (non-hydrogen) atoms. The number of allylic oxidation sites excluding steroid dienone is 1. The molecule has 0 atom stereocenters. The largest absolute Gasteiger partial charge is 0.461 e. The van der Waals surface area contributed by atoms with Crippen molar-refractivity contribution < 1.29 is 27.1 Å². The number of carbonyl (C=O) groups is 1. The predicted molar refractivity (Wildman–Crippen MR) is 55.0 cm³/mol. The van der Waals surface area contributed by atoms with Gasteiger partial charge in [0.15, 0.2) is 0 Å². The molecule has 0 fully saturated rings. The third-order valence-corrected chi connectivity index (χ3v) is 2.61. The summed E-state index contributed by atoms with van der Waals surface area (Å²) >= 11 is 0.696. The van der Waals surface area contributed by atoms with Crippen LogP contribution in [0.5, 0.6) is 0 Å². The van der Waals surface area contributed by atoms with Gasteiger partial charge in [-0.1, -0.05) is 6.07 Å². The maximum Gasteiger partial charge on any atom is 0.420 e. The highest BCUT2D eigenvalue weighted by Gasteiger charge is 2.41. The molecular weight excluding hydrogens is 260 g/mol. The SMILES string of the molecule is CCOC(=O)/C(F)=C(/c1cccs1)C(F)(F)F. The lowest BCUT2D eigenvalue weighted by Crippen LogP contribution is -2.16. The molecule has 0 spiro atoms. The lowest BCUT2D eigenvalue weighted by atomic mass is 10.2. The van der Waals surface area contributed by atoms with Crippen LogP contribution in [0, 0.1) is 0 Å². The van der Waals surface area contributed by atoms with Gasteiger partial charge in [0.25, 0.3) is 0 Å². The highest BCUT2D eigenvalue weighted by molar-refractivity contribution is 7.11. The molecule has 0 amide bonds. The molecule has 0 radical (unpaired) electrons. The van der Waals surface area contributed by atoms with Gasteiger partial charge in [-0.05, 0) is 18.4 Å². The Balaban J connectivity index is 3.24. The summed E-state index contributed by atoms with van der Waals surface area (Å²) in [5.74, 6) is -3.52. The zero-order valence-electron chi connectivity index (χ0n) is 8.68. The minimum Gasteiger partial charge on any atom is -0.461 e. The van der Waals surface area contributed by atoms with Gasteiger partial charge in [-0.15, -0.1) is 11.3 Å². The van der Waals surface area contributed by atoms with Gasteiger partial charge in [0.1, 0.15) is 5.57 Å². The number of alkyl halides is 3. The summed E-state index contributed by atoms with van der Waals surface area (Å²) in [5.41, 5.74) is -1.59. The van der Waals surface area contributed by atoms with Gasteiger partial charge in [-0.3, -0.25) is 0 Å². The summed E-state index contributed by atoms with van der Waals surface area (Å²) in [6, 6.07) is 2.43. The number of carbonyl (C=O) groups excluding carboxylic acids is 1. The fourth-order valence-corrected chi connectivity index (χ4v) is 1.87. The van der Waals surface area contributed by atoms with Crippen LogP contribution in [-0.2, 0) is 9.53 Å². The molecule has 7 heteroatoms. The second kappa shape index (κ2) is 5.31. The van der Waals surface area contributed by atoms with E-state index in [1.54, 1.807) is 0 Å². The Bertz CT molecular complexity index is 420. The van der Waals surface area contributed by atoms with Crippen LogP contribution in [0.1, 0.15) is 11.8 Å². The number of hydrogen-bond acceptors (Lipinski definition) is 3. The lowest BCUT2D eigenvalue weighted by molar-refractivity contribution is -0.140. The van der Waals surface area contributed by atoms with Crippen LogP contribution >= 0.6 is 11.3 Å². The van der Waals surface area contributed by atoms with Crippen molar-refractivity contribution in [1.29, 1.82) is 0 Å². The molecule has 0 aliphatic rings. The van der Waals surface area contributed by atoms with Gasteiger partial charge in [-0.2, -0.15) is 17.6 Å². The van der Waals surface area contributed by atoms with E-state index in [-0.39, 0.29) is 11.5 Å². The number of rotatable bonds is 3. The average Bonchev–Trinajstić information content (AvgIpc) is 2.69. The topological polar surface area (TPSA) is 26.3 Å². The van der Waals surface area contributed by atoms with Crippen molar-refractivity contribution in [2.75, 3.05) is 6.61 Å². The molecule has 2 nitrogen and oxygen atoms in total. The van der Waals surface area contributed by atoms with Gasteiger partial charge in [0.2, 0.25) is 5.83 Å². The highest BCUT2D eigenvalue weighted by atomic mass is 32.1. The Kier molecular flexibility index (Phi) is 4.28. The Morgan fingerprint density at radius 3 is 2.53 bits per heavy atom. The first-order chi connectivity index (χ1) is 7.88. The summed E-state index contributed by atoms with van der Waals surface area (Å²) in [6.07, 6.45) is -4.94. The fraction of sp³-hybridized carbons (Fsp3) is 0.300. The van der Waals surface area contributed by atoms with Gasteiger partial charge in [0, 0.05) is 4.88 Å². The first-order valence-corrected chi connectivity index (χ1v) is 5.43.